The molecular formula is C14H16FN3O3. The van der Waals surface area contributed by atoms with Crippen molar-refractivity contribution in [3.05, 3.63) is 41.5 Å². The van der Waals surface area contributed by atoms with Crippen LogP contribution in [0.2, 0.25) is 0 Å². The van der Waals surface area contributed by atoms with E-state index in [1.165, 1.54) is 28.9 Å². The molecule has 0 fully saturated rings. The molecule has 7 heteroatoms. The average Bonchev–Trinajstić information content (AvgIpc) is 2.85. The van der Waals surface area contributed by atoms with Crippen molar-refractivity contribution in [1.29, 1.82) is 0 Å². The summed E-state index contributed by atoms with van der Waals surface area (Å²) in [5.41, 5.74) is 0.525. The number of hydrogen-bond donors (Lipinski definition) is 1. The van der Waals surface area contributed by atoms with Crippen molar-refractivity contribution in [2.75, 3.05) is 6.61 Å². The van der Waals surface area contributed by atoms with Crippen LogP contribution in [0.1, 0.15) is 35.9 Å². The highest BCUT2D eigenvalue weighted by molar-refractivity contribution is 5.86. The van der Waals surface area contributed by atoms with Gasteiger partial charge in [-0.05, 0) is 30.2 Å². The fourth-order valence-corrected chi connectivity index (χ4v) is 1.99. The number of halogens is 1. The number of carbonyl (C=O) groups is 1. The molecule has 0 unspecified atom stereocenters. The monoisotopic (exact) mass is 293 g/mol. The van der Waals surface area contributed by atoms with E-state index in [9.17, 15) is 9.18 Å². The van der Waals surface area contributed by atoms with E-state index >= 15 is 0 Å². The van der Waals surface area contributed by atoms with Crippen LogP contribution < -0.4 is 4.74 Å². The minimum atomic E-state index is -1.09. The summed E-state index contributed by atoms with van der Waals surface area (Å²) >= 11 is 0. The van der Waals surface area contributed by atoms with Gasteiger partial charge in [0.05, 0.1) is 12.2 Å². The van der Waals surface area contributed by atoms with Gasteiger partial charge in [0.15, 0.2) is 5.69 Å². The smallest absolute Gasteiger partial charge is 0.358 e. The first-order chi connectivity index (χ1) is 9.99. The Kier molecular flexibility index (Phi) is 4.52. The number of rotatable bonds is 6. The van der Waals surface area contributed by atoms with Gasteiger partial charge in [-0.3, -0.25) is 0 Å². The molecule has 0 atom stereocenters. The van der Waals surface area contributed by atoms with E-state index in [2.05, 4.69) is 10.3 Å². The third-order valence-corrected chi connectivity index (χ3v) is 2.91. The highest BCUT2D eigenvalue weighted by Crippen LogP contribution is 2.18. The Balaban J connectivity index is 2.03. The van der Waals surface area contributed by atoms with Crippen LogP contribution in [0.15, 0.2) is 24.3 Å². The third-order valence-electron chi connectivity index (χ3n) is 2.91. The van der Waals surface area contributed by atoms with E-state index in [4.69, 9.17) is 9.84 Å². The van der Waals surface area contributed by atoms with Gasteiger partial charge in [-0.25, -0.2) is 13.9 Å². The number of carboxylic acid groups (broad SMARTS) is 1. The molecule has 0 saturated carbocycles. The number of ether oxygens (including phenoxy) is 1. The minimum Gasteiger partial charge on any atom is -0.492 e. The zero-order valence-corrected chi connectivity index (χ0v) is 11.8. The summed E-state index contributed by atoms with van der Waals surface area (Å²) in [4.78, 5) is 11.1. The van der Waals surface area contributed by atoms with E-state index in [0.29, 0.717) is 18.0 Å². The van der Waals surface area contributed by atoms with Crippen molar-refractivity contribution in [2.45, 2.75) is 26.3 Å². The summed E-state index contributed by atoms with van der Waals surface area (Å²) in [5.74, 6) is -0.894. The van der Waals surface area contributed by atoms with Crippen LogP contribution >= 0.6 is 0 Å². The van der Waals surface area contributed by atoms with Crippen LogP contribution in [0.4, 0.5) is 4.39 Å². The molecule has 1 N–H and O–H groups in total. The van der Waals surface area contributed by atoms with E-state index in [-0.39, 0.29) is 24.0 Å². The molecule has 0 aliphatic carbocycles. The zero-order valence-electron chi connectivity index (χ0n) is 11.8. The van der Waals surface area contributed by atoms with Crippen LogP contribution in [0.5, 0.6) is 5.75 Å². The van der Waals surface area contributed by atoms with Crippen LogP contribution in [-0.2, 0) is 6.54 Å². The summed E-state index contributed by atoms with van der Waals surface area (Å²) in [6.07, 6.45) is 0. The molecule has 0 aliphatic rings. The van der Waals surface area contributed by atoms with Crippen LogP contribution in [0.25, 0.3) is 0 Å². The SMILES string of the molecule is CC(C)c1c(C(=O)O)nnn1CCOc1ccc(F)cc1. The lowest BCUT2D eigenvalue weighted by Crippen LogP contribution is -2.14. The summed E-state index contributed by atoms with van der Waals surface area (Å²) in [6.45, 7) is 4.41. The Morgan fingerprint density at radius 2 is 2.05 bits per heavy atom. The molecule has 2 aromatic rings. The topological polar surface area (TPSA) is 77.2 Å². The Hall–Kier alpha value is -2.44. The molecule has 1 aromatic carbocycles. The normalized spacial score (nSPS) is 10.9. The Bertz CT molecular complexity index is 623. The summed E-state index contributed by atoms with van der Waals surface area (Å²) in [5, 5.41) is 16.6. The molecule has 21 heavy (non-hydrogen) atoms. The first kappa shape index (κ1) is 15.0. The number of carboxylic acids is 1. The third kappa shape index (κ3) is 3.56. The van der Waals surface area contributed by atoms with Crippen molar-refractivity contribution < 1.29 is 19.0 Å². The van der Waals surface area contributed by atoms with E-state index < -0.39 is 5.97 Å². The Morgan fingerprint density at radius 3 is 2.62 bits per heavy atom. The Morgan fingerprint density at radius 1 is 1.38 bits per heavy atom. The molecule has 112 valence electrons. The maximum absolute atomic E-state index is 12.8. The molecule has 0 spiro atoms. The number of aromatic carboxylic acids is 1. The van der Waals surface area contributed by atoms with E-state index in [0.717, 1.165) is 0 Å². The quantitative estimate of drug-likeness (QED) is 0.884. The fourth-order valence-electron chi connectivity index (χ4n) is 1.99. The number of hydrogen-bond acceptors (Lipinski definition) is 4. The number of nitrogens with zero attached hydrogens (tertiary/aromatic N) is 3. The van der Waals surface area contributed by atoms with Gasteiger partial charge in [0.1, 0.15) is 18.2 Å². The molecule has 0 amide bonds. The molecule has 6 nitrogen and oxygen atoms in total. The van der Waals surface area contributed by atoms with Gasteiger partial charge in [-0.15, -0.1) is 5.10 Å². The molecule has 0 bridgehead atoms. The standard InChI is InChI=1S/C14H16FN3O3/c1-9(2)13-12(14(19)20)16-17-18(13)7-8-21-11-5-3-10(15)4-6-11/h3-6,9H,7-8H2,1-2H3,(H,19,20). The summed E-state index contributed by atoms with van der Waals surface area (Å²) in [7, 11) is 0. The number of aromatic nitrogens is 3. The first-order valence-electron chi connectivity index (χ1n) is 6.54. The van der Waals surface area contributed by atoms with Gasteiger partial charge in [-0.1, -0.05) is 19.1 Å². The van der Waals surface area contributed by atoms with Gasteiger partial charge >= 0.3 is 5.97 Å². The van der Waals surface area contributed by atoms with Gasteiger partial charge in [-0.2, -0.15) is 0 Å². The lowest BCUT2D eigenvalue weighted by molar-refractivity contribution is 0.0688. The van der Waals surface area contributed by atoms with Crippen LogP contribution in [0, 0.1) is 5.82 Å². The van der Waals surface area contributed by atoms with Crippen molar-refractivity contribution in [1.82, 2.24) is 15.0 Å². The van der Waals surface area contributed by atoms with Gasteiger partial charge in [0.25, 0.3) is 0 Å². The molecule has 0 aliphatic heterocycles. The molecule has 2 rings (SSSR count). The van der Waals surface area contributed by atoms with Crippen molar-refractivity contribution in [3.63, 3.8) is 0 Å². The zero-order chi connectivity index (χ0) is 15.4. The second-order valence-electron chi connectivity index (χ2n) is 4.81. The average molecular weight is 293 g/mol. The predicted molar refractivity (Wildman–Crippen MR) is 73.0 cm³/mol. The minimum absolute atomic E-state index is 0.0167. The van der Waals surface area contributed by atoms with Crippen molar-refractivity contribution in [2.24, 2.45) is 0 Å². The summed E-state index contributed by atoms with van der Waals surface area (Å²) < 4.78 is 19.8. The van der Waals surface area contributed by atoms with E-state index in [1.807, 2.05) is 13.8 Å². The second kappa shape index (κ2) is 6.34. The van der Waals surface area contributed by atoms with Gasteiger partial charge in [0.2, 0.25) is 0 Å². The van der Waals surface area contributed by atoms with E-state index in [1.54, 1.807) is 0 Å². The molecular weight excluding hydrogens is 277 g/mol. The lowest BCUT2D eigenvalue weighted by Gasteiger charge is -2.11. The molecule has 1 aromatic heterocycles. The molecule has 0 saturated heterocycles. The first-order valence-corrected chi connectivity index (χ1v) is 6.54. The highest BCUT2D eigenvalue weighted by atomic mass is 19.1. The van der Waals surface area contributed by atoms with Gasteiger partial charge < -0.3 is 9.84 Å². The van der Waals surface area contributed by atoms with Crippen LogP contribution in [0.3, 0.4) is 0 Å². The van der Waals surface area contributed by atoms with Crippen LogP contribution in [-0.4, -0.2) is 32.7 Å². The maximum Gasteiger partial charge on any atom is 0.358 e. The largest absolute Gasteiger partial charge is 0.492 e. The molecule has 0 radical (unpaired) electrons. The predicted octanol–water partition coefficient (Wildman–Crippen LogP) is 2.32. The van der Waals surface area contributed by atoms with Crippen molar-refractivity contribution in [3.8, 4) is 5.75 Å². The highest BCUT2D eigenvalue weighted by Gasteiger charge is 2.21. The summed E-state index contributed by atoms with van der Waals surface area (Å²) in [6, 6.07) is 5.69. The van der Waals surface area contributed by atoms with Gasteiger partial charge in [0, 0.05) is 0 Å². The number of benzene rings is 1. The maximum atomic E-state index is 12.8. The fraction of sp³-hybridized carbons (Fsp3) is 0.357. The lowest BCUT2D eigenvalue weighted by atomic mass is 10.1. The Labute approximate surface area is 121 Å². The van der Waals surface area contributed by atoms with Crippen molar-refractivity contribution >= 4 is 5.97 Å². The second-order valence-corrected chi connectivity index (χ2v) is 4.81. The molecule has 1 heterocycles.